The standard InChI is InChI=1S/C20H19FN4O4S/c1-3-4-17(26)16-8-6-14-18(30(28,29)24-16)11-25(2)19(14)20(27)23-13-5-7-15(21)12(9-13)10-22/h5,7,9,11,16-17,24,26H,6,8H2,1-2H3,(H,23,27)/t16-,17-/m1/s1. The molecule has 0 saturated heterocycles. The number of carbonyl (C=O) groups excluding carboxylic acids is 1. The molecule has 2 aromatic rings. The molecule has 3 N–H and O–H groups in total. The van der Waals surface area contributed by atoms with Crippen molar-refractivity contribution in [2.24, 2.45) is 7.05 Å². The van der Waals surface area contributed by atoms with Crippen molar-refractivity contribution in [3.05, 3.63) is 47.0 Å². The van der Waals surface area contributed by atoms with Gasteiger partial charge in [-0.05, 0) is 38.0 Å². The Morgan fingerprint density at radius 2 is 2.20 bits per heavy atom. The molecular weight excluding hydrogens is 411 g/mol. The van der Waals surface area contributed by atoms with Crippen molar-refractivity contribution >= 4 is 21.6 Å². The molecule has 1 aliphatic heterocycles. The summed E-state index contributed by atoms with van der Waals surface area (Å²) in [6.07, 6.45) is 0.605. The molecule has 3 rings (SSSR count). The summed E-state index contributed by atoms with van der Waals surface area (Å²) in [4.78, 5) is 12.8. The van der Waals surface area contributed by atoms with Crippen LogP contribution in [-0.2, 0) is 23.5 Å². The van der Waals surface area contributed by atoms with Crippen LogP contribution in [-0.4, -0.2) is 36.1 Å². The van der Waals surface area contributed by atoms with Gasteiger partial charge in [-0.2, -0.15) is 5.26 Å². The van der Waals surface area contributed by atoms with Crippen LogP contribution in [0.4, 0.5) is 10.1 Å². The maximum absolute atomic E-state index is 13.5. The zero-order chi connectivity index (χ0) is 22.1. The summed E-state index contributed by atoms with van der Waals surface area (Å²) in [6, 6.07) is 4.45. The topological polar surface area (TPSA) is 124 Å². The van der Waals surface area contributed by atoms with Crippen molar-refractivity contribution < 1.29 is 22.7 Å². The van der Waals surface area contributed by atoms with Gasteiger partial charge in [-0.15, -0.1) is 5.92 Å². The van der Waals surface area contributed by atoms with Crippen LogP contribution in [0, 0.1) is 29.0 Å². The molecule has 1 aromatic heterocycles. The summed E-state index contributed by atoms with van der Waals surface area (Å²) in [5.41, 5.74) is 0.410. The Labute approximate surface area is 173 Å². The molecule has 1 aromatic carbocycles. The Morgan fingerprint density at radius 1 is 1.47 bits per heavy atom. The molecule has 0 saturated carbocycles. The molecule has 1 amide bonds. The minimum absolute atomic E-state index is 0.0499. The van der Waals surface area contributed by atoms with Crippen LogP contribution in [0.25, 0.3) is 0 Å². The van der Waals surface area contributed by atoms with Gasteiger partial charge in [-0.25, -0.2) is 17.5 Å². The average Bonchev–Trinajstić information content (AvgIpc) is 2.97. The van der Waals surface area contributed by atoms with Crippen LogP contribution in [0.15, 0.2) is 29.3 Å². The number of sulfonamides is 1. The molecule has 2 atom stereocenters. The second kappa shape index (κ2) is 8.28. The number of amides is 1. The Kier molecular flexibility index (Phi) is 5.94. The molecule has 156 valence electrons. The first kappa shape index (κ1) is 21.5. The van der Waals surface area contributed by atoms with Crippen LogP contribution < -0.4 is 10.0 Å². The van der Waals surface area contributed by atoms with E-state index < -0.39 is 33.9 Å². The number of aliphatic hydroxyl groups excluding tert-OH is 1. The number of carbonyl (C=O) groups is 1. The van der Waals surface area contributed by atoms with Gasteiger partial charge in [0.05, 0.1) is 11.6 Å². The third-order valence-corrected chi connectivity index (χ3v) is 6.33. The van der Waals surface area contributed by atoms with E-state index in [1.807, 2.05) is 0 Å². The Bertz CT molecular complexity index is 1220. The largest absolute Gasteiger partial charge is 0.379 e. The first-order valence-corrected chi connectivity index (χ1v) is 10.5. The van der Waals surface area contributed by atoms with Crippen LogP contribution in [0.5, 0.6) is 0 Å². The number of nitriles is 1. The number of anilines is 1. The summed E-state index contributed by atoms with van der Waals surface area (Å²) in [5, 5.41) is 21.6. The van der Waals surface area contributed by atoms with Crippen molar-refractivity contribution in [2.75, 3.05) is 5.32 Å². The fraction of sp³-hybridized carbons (Fsp3) is 0.300. The molecule has 1 aliphatic rings. The maximum Gasteiger partial charge on any atom is 0.272 e. The number of nitrogens with one attached hydrogen (secondary N) is 2. The first-order valence-electron chi connectivity index (χ1n) is 8.99. The van der Waals surface area contributed by atoms with Gasteiger partial charge >= 0.3 is 0 Å². The van der Waals surface area contributed by atoms with Gasteiger partial charge < -0.3 is 15.0 Å². The van der Waals surface area contributed by atoms with E-state index in [0.717, 1.165) is 6.07 Å². The highest BCUT2D eigenvalue weighted by atomic mass is 32.2. The van der Waals surface area contributed by atoms with Gasteiger partial charge in [0, 0.05) is 24.5 Å². The molecule has 8 nitrogen and oxygen atoms in total. The molecule has 0 bridgehead atoms. The second-order valence-corrected chi connectivity index (χ2v) is 8.48. The van der Waals surface area contributed by atoms with Gasteiger partial charge in [0.25, 0.3) is 5.91 Å². The molecule has 0 fully saturated rings. The smallest absolute Gasteiger partial charge is 0.272 e. The first-order chi connectivity index (χ1) is 14.2. The van der Waals surface area contributed by atoms with Crippen LogP contribution in [0.1, 0.15) is 35.0 Å². The lowest BCUT2D eigenvalue weighted by molar-refractivity contribution is 0.101. The Morgan fingerprint density at radius 3 is 2.87 bits per heavy atom. The molecule has 2 heterocycles. The summed E-state index contributed by atoms with van der Waals surface area (Å²) in [5.74, 6) is 3.78. The Hall–Kier alpha value is -3.18. The Balaban J connectivity index is 1.96. The second-order valence-electron chi connectivity index (χ2n) is 6.80. The lowest BCUT2D eigenvalue weighted by Gasteiger charge is -2.17. The number of hydrogen-bond donors (Lipinski definition) is 3. The number of hydrogen-bond acceptors (Lipinski definition) is 5. The zero-order valence-electron chi connectivity index (χ0n) is 16.2. The maximum atomic E-state index is 13.5. The SMILES string of the molecule is CC#C[C@@H](O)[C@H]1CCc2c(cn(C)c2C(=O)Nc2ccc(F)c(C#N)c2)S(=O)(=O)N1. The van der Waals surface area contributed by atoms with Crippen LogP contribution in [0.2, 0.25) is 0 Å². The van der Waals surface area contributed by atoms with Gasteiger partial charge in [-0.3, -0.25) is 4.79 Å². The van der Waals surface area contributed by atoms with Gasteiger partial charge in [0.1, 0.15) is 28.6 Å². The van der Waals surface area contributed by atoms with Gasteiger partial charge in [0.2, 0.25) is 10.0 Å². The van der Waals surface area contributed by atoms with Crippen LogP contribution in [0.3, 0.4) is 0 Å². The van der Waals surface area contributed by atoms with Crippen LogP contribution >= 0.6 is 0 Å². The number of nitrogens with zero attached hydrogens (tertiary/aromatic N) is 2. The molecule has 0 unspecified atom stereocenters. The molecular formula is C20H19FN4O4S. The number of aryl methyl sites for hydroxylation is 1. The average molecular weight is 430 g/mol. The van der Waals surface area contributed by atoms with E-state index in [1.165, 1.54) is 22.9 Å². The van der Waals surface area contributed by atoms with E-state index in [9.17, 15) is 22.7 Å². The van der Waals surface area contributed by atoms with Crippen molar-refractivity contribution in [1.29, 1.82) is 5.26 Å². The molecule has 0 spiro atoms. The summed E-state index contributed by atoms with van der Waals surface area (Å²) < 4.78 is 42.9. The highest BCUT2D eigenvalue weighted by molar-refractivity contribution is 7.89. The molecule has 0 radical (unpaired) electrons. The van der Waals surface area contributed by atoms with Crippen molar-refractivity contribution in [2.45, 2.75) is 36.8 Å². The predicted molar refractivity (Wildman–Crippen MR) is 106 cm³/mol. The minimum Gasteiger partial charge on any atom is -0.379 e. The summed E-state index contributed by atoms with van der Waals surface area (Å²) in [7, 11) is -2.45. The summed E-state index contributed by atoms with van der Waals surface area (Å²) >= 11 is 0. The fourth-order valence-corrected chi connectivity index (χ4v) is 4.98. The number of fused-ring (bicyclic) bond motifs is 1. The van der Waals surface area contributed by atoms with E-state index in [0.29, 0.717) is 5.56 Å². The third-order valence-electron chi connectivity index (χ3n) is 4.78. The fourth-order valence-electron chi connectivity index (χ4n) is 3.39. The number of halogens is 1. The van der Waals surface area contributed by atoms with Gasteiger partial charge in [0.15, 0.2) is 0 Å². The van der Waals surface area contributed by atoms with E-state index >= 15 is 0 Å². The number of aromatic nitrogens is 1. The van der Waals surface area contributed by atoms with Gasteiger partial charge in [-0.1, -0.05) is 5.92 Å². The molecule has 0 aliphatic carbocycles. The lowest BCUT2D eigenvalue weighted by Crippen LogP contribution is -2.41. The van der Waals surface area contributed by atoms with E-state index in [2.05, 4.69) is 21.9 Å². The van der Waals surface area contributed by atoms with E-state index in [-0.39, 0.29) is 34.7 Å². The highest BCUT2D eigenvalue weighted by Gasteiger charge is 2.34. The molecule has 30 heavy (non-hydrogen) atoms. The van der Waals surface area contributed by atoms with Crippen molar-refractivity contribution in [3.8, 4) is 17.9 Å². The lowest BCUT2D eigenvalue weighted by atomic mass is 10.0. The monoisotopic (exact) mass is 430 g/mol. The number of benzene rings is 1. The number of rotatable bonds is 3. The van der Waals surface area contributed by atoms with Crippen molar-refractivity contribution in [3.63, 3.8) is 0 Å². The normalized spacial score (nSPS) is 18.2. The molecule has 10 heteroatoms. The number of aliphatic hydroxyl groups is 1. The summed E-state index contributed by atoms with van der Waals surface area (Å²) in [6.45, 7) is 1.54. The quantitative estimate of drug-likeness (QED) is 0.633. The highest BCUT2D eigenvalue weighted by Crippen LogP contribution is 2.28. The van der Waals surface area contributed by atoms with E-state index in [4.69, 9.17) is 5.26 Å². The van der Waals surface area contributed by atoms with E-state index in [1.54, 1.807) is 20.0 Å². The predicted octanol–water partition coefficient (Wildman–Crippen LogP) is 1.27. The third kappa shape index (κ3) is 4.07. The minimum atomic E-state index is -3.99. The van der Waals surface area contributed by atoms with Crippen molar-refractivity contribution in [1.82, 2.24) is 9.29 Å². The zero-order valence-corrected chi connectivity index (χ0v) is 17.0.